The van der Waals surface area contributed by atoms with Crippen LogP contribution in [0.1, 0.15) is 29.2 Å². The van der Waals surface area contributed by atoms with Gasteiger partial charge in [0.25, 0.3) is 5.56 Å². The number of halogens is 5. The van der Waals surface area contributed by atoms with Crippen molar-refractivity contribution in [3.05, 3.63) is 80.7 Å². The van der Waals surface area contributed by atoms with Crippen molar-refractivity contribution in [3.63, 3.8) is 0 Å². The summed E-state index contributed by atoms with van der Waals surface area (Å²) in [4.78, 5) is 29.0. The molecule has 38 heavy (non-hydrogen) atoms. The zero-order valence-corrected chi connectivity index (χ0v) is 20.2. The highest BCUT2D eigenvalue weighted by atomic mass is 35.5. The maximum absolute atomic E-state index is 14.6. The number of ether oxygens (including phenoxy) is 2. The second-order valence-electron chi connectivity index (χ2n) is 8.24. The van der Waals surface area contributed by atoms with Gasteiger partial charge in [0.05, 0.1) is 31.0 Å². The number of carbonyl (C=O) groups is 1. The predicted octanol–water partition coefficient (Wildman–Crippen LogP) is 3.90. The molecular formula is C24H18ClF4N5O4. The first-order valence-electron chi connectivity index (χ1n) is 10.9. The number of aromatic nitrogens is 2. The van der Waals surface area contributed by atoms with Gasteiger partial charge in [0, 0.05) is 23.2 Å². The Balaban J connectivity index is 1.67. The first kappa shape index (κ1) is 26.9. The Morgan fingerprint density at radius 3 is 2.71 bits per heavy atom. The minimum atomic E-state index is -5.03. The summed E-state index contributed by atoms with van der Waals surface area (Å²) in [7, 11) is 1.32. The Kier molecular flexibility index (Phi) is 7.56. The van der Waals surface area contributed by atoms with Gasteiger partial charge in [-0.2, -0.15) is 18.4 Å². The summed E-state index contributed by atoms with van der Waals surface area (Å²) in [5, 5.41) is 9.11. The summed E-state index contributed by atoms with van der Waals surface area (Å²) in [5.74, 6) is -3.49. The molecule has 0 radical (unpaired) electrons. The van der Waals surface area contributed by atoms with Crippen molar-refractivity contribution < 1.29 is 31.8 Å². The van der Waals surface area contributed by atoms with Crippen LogP contribution >= 0.6 is 11.6 Å². The van der Waals surface area contributed by atoms with E-state index >= 15 is 0 Å². The molecule has 1 aliphatic heterocycles. The Morgan fingerprint density at radius 1 is 1.26 bits per heavy atom. The number of rotatable bonds is 6. The number of methoxy groups -OCH3 is 1. The van der Waals surface area contributed by atoms with Gasteiger partial charge < -0.3 is 9.47 Å². The van der Waals surface area contributed by atoms with Crippen LogP contribution in [-0.2, 0) is 17.5 Å². The van der Waals surface area contributed by atoms with E-state index in [0.29, 0.717) is 6.33 Å². The van der Waals surface area contributed by atoms with Crippen LogP contribution in [0.2, 0.25) is 5.02 Å². The summed E-state index contributed by atoms with van der Waals surface area (Å²) in [5.41, 5.74) is 2.34. The summed E-state index contributed by atoms with van der Waals surface area (Å²) in [6, 6.07) is 8.68. The van der Waals surface area contributed by atoms with Crippen LogP contribution in [-0.4, -0.2) is 28.6 Å². The average molecular weight is 552 g/mol. The van der Waals surface area contributed by atoms with E-state index in [1.54, 1.807) is 6.07 Å². The van der Waals surface area contributed by atoms with Gasteiger partial charge in [-0.3, -0.25) is 19.6 Å². The highest BCUT2D eigenvalue weighted by molar-refractivity contribution is 6.30. The molecule has 9 nitrogen and oxygen atoms in total. The van der Waals surface area contributed by atoms with Gasteiger partial charge in [0.1, 0.15) is 17.3 Å². The van der Waals surface area contributed by atoms with Crippen molar-refractivity contribution in [3.8, 4) is 23.3 Å². The lowest BCUT2D eigenvalue weighted by molar-refractivity contribution is -0.142. The predicted molar refractivity (Wildman–Crippen MR) is 125 cm³/mol. The molecule has 0 spiro atoms. The second-order valence-corrected chi connectivity index (χ2v) is 8.68. The molecule has 4 rings (SSSR count). The molecule has 2 N–H and O–H groups in total. The zero-order valence-electron chi connectivity index (χ0n) is 19.5. The molecule has 198 valence electrons. The van der Waals surface area contributed by atoms with E-state index in [1.807, 2.05) is 0 Å². The molecule has 1 fully saturated rings. The van der Waals surface area contributed by atoms with Crippen LogP contribution in [0.15, 0.2) is 47.5 Å². The summed E-state index contributed by atoms with van der Waals surface area (Å²) in [6.07, 6.45) is -4.35. The van der Waals surface area contributed by atoms with Crippen LogP contribution in [0.4, 0.5) is 17.6 Å². The van der Waals surface area contributed by atoms with Gasteiger partial charge in [-0.25, -0.2) is 14.8 Å². The van der Waals surface area contributed by atoms with Crippen LogP contribution in [0, 0.1) is 17.1 Å². The number of amides is 1. The minimum Gasteiger partial charge on any atom is -0.496 e. The number of hydrogen-bond donors (Lipinski definition) is 2. The molecular weight excluding hydrogens is 534 g/mol. The lowest BCUT2D eigenvalue weighted by Crippen LogP contribution is -2.54. The topological polar surface area (TPSA) is 118 Å². The third-order valence-corrected chi connectivity index (χ3v) is 5.94. The number of carbonyl (C=O) groups excluding carboxylic acids is 1. The molecule has 1 aliphatic rings. The molecule has 2 aromatic carbocycles. The van der Waals surface area contributed by atoms with Gasteiger partial charge in [0.15, 0.2) is 5.69 Å². The monoisotopic (exact) mass is 551 g/mol. The van der Waals surface area contributed by atoms with Crippen LogP contribution < -0.4 is 25.9 Å². The molecule has 1 amide bonds. The highest BCUT2D eigenvalue weighted by Crippen LogP contribution is 2.36. The number of alkyl halides is 3. The average Bonchev–Trinajstić information content (AvgIpc) is 2.86. The number of benzene rings is 2. The van der Waals surface area contributed by atoms with Gasteiger partial charge in [0.2, 0.25) is 11.7 Å². The quantitative estimate of drug-likeness (QED) is 0.446. The molecule has 1 saturated heterocycles. The molecule has 2 atom stereocenters. The van der Waals surface area contributed by atoms with E-state index in [2.05, 4.69) is 15.8 Å². The molecule has 0 bridgehead atoms. The maximum atomic E-state index is 14.6. The molecule has 0 aliphatic carbocycles. The highest BCUT2D eigenvalue weighted by Gasteiger charge is 2.39. The Bertz CT molecular complexity index is 1490. The van der Waals surface area contributed by atoms with Gasteiger partial charge in [-0.15, -0.1) is 0 Å². The number of nitriles is 1. The van der Waals surface area contributed by atoms with Crippen molar-refractivity contribution >= 4 is 17.5 Å². The fourth-order valence-corrected chi connectivity index (χ4v) is 4.27. The molecule has 3 aromatic rings. The number of nitrogens with zero attached hydrogens (tertiary/aromatic N) is 3. The standard InChI is InChI=1S/C24H18ClF4N5O4/c1-37-18-4-2-3-17(26)19(18)16-8-14(32-33-22(16)35)10-34-11-31-21(24(27,28)29)20(23(34)36)38-15-6-12(9-30)5-13(25)7-15/h2-7,11,14,16,32H,8,10H2,1H3,(H,33,35). The van der Waals surface area contributed by atoms with Crippen molar-refractivity contribution in [2.75, 3.05) is 7.11 Å². The lowest BCUT2D eigenvalue weighted by Gasteiger charge is -2.31. The summed E-state index contributed by atoms with van der Waals surface area (Å²) >= 11 is 5.90. The van der Waals surface area contributed by atoms with Crippen molar-refractivity contribution in [1.82, 2.24) is 20.4 Å². The van der Waals surface area contributed by atoms with Crippen LogP contribution in [0.3, 0.4) is 0 Å². The van der Waals surface area contributed by atoms with E-state index in [9.17, 15) is 27.2 Å². The molecule has 14 heteroatoms. The number of hydrazine groups is 1. The van der Waals surface area contributed by atoms with E-state index in [4.69, 9.17) is 26.3 Å². The first-order chi connectivity index (χ1) is 18.0. The third-order valence-electron chi connectivity index (χ3n) is 5.72. The normalized spacial score (nSPS) is 17.4. The Hall–Kier alpha value is -4.15. The van der Waals surface area contributed by atoms with Crippen molar-refractivity contribution in [2.45, 2.75) is 31.1 Å². The minimum absolute atomic E-state index is 0.00188. The summed E-state index contributed by atoms with van der Waals surface area (Å²) < 4.78 is 66.9. The van der Waals surface area contributed by atoms with E-state index in [1.165, 1.54) is 31.4 Å². The third kappa shape index (κ3) is 5.56. The fourth-order valence-electron chi connectivity index (χ4n) is 4.05. The molecule has 2 unspecified atom stereocenters. The maximum Gasteiger partial charge on any atom is 0.437 e. The van der Waals surface area contributed by atoms with E-state index in [-0.39, 0.29) is 40.6 Å². The van der Waals surface area contributed by atoms with E-state index < -0.39 is 46.9 Å². The van der Waals surface area contributed by atoms with Crippen molar-refractivity contribution in [2.24, 2.45) is 0 Å². The molecule has 2 heterocycles. The smallest absolute Gasteiger partial charge is 0.437 e. The van der Waals surface area contributed by atoms with Gasteiger partial charge in [-0.1, -0.05) is 17.7 Å². The SMILES string of the molecule is COc1cccc(F)c1C1CC(Cn2cnc(C(F)(F)F)c(Oc3cc(Cl)cc(C#N)c3)c2=O)NNC1=O. The number of hydrogen-bond acceptors (Lipinski definition) is 7. The van der Waals surface area contributed by atoms with Gasteiger partial charge >= 0.3 is 6.18 Å². The zero-order chi connectivity index (χ0) is 27.6. The van der Waals surface area contributed by atoms with Gasteiger partial charge in [-0.05, 0) is 36.8 Å². The molecule has 1 aromatic heterocycles. The molecule has 0 saturated carbocycles. The van der Waals surface area contributed by atoms with Crippen LogP contribution in [0.5, 0.6) is 17.2 Å². The van der Waals surface area contributed by atoms with Crippen LogP contribution in [0.25, 0.3) is 0 Å². The summed E-state index contributed by atoms with van der Waals surface area (Å²) in [6.45, 7) is -0.257. The Morgan fingerprint density at radius 2 is 2.03 bits per heavy atom. The van der Waals surface area contributed by atoms with E-state index in [0.717, 1.165) is 16.7 Å². The first-order valence-corrected chi connectivity index (χ1v) is 11.3. The second kappa shape index (κ2) is 10.7. The Labute approximate surface area is 217 Å². The fraction of sp³-hybridized carbons (Fsp3) is 0.250. The lowest BCUT2D eigenvalue weighted by atomic mass is 9.89. The number of nitrogens with one attached hydrogen (secondary N) is 2. The largest absolute Gasteiger partial charge is 0.496 e. The van der Waals surface area contributed by atoms with Crippen molar-refractivity contribution in [1.29, 1.82) is 5.26 Å².